The number of nitrogens with one attached hydrogen (secondary N) is 1. The van der Waals surface area contributed by atoms with Crippen LogP contribution in [0.4, 0.5) is 24.8 Å². The van der Waals surface area contributed by atoms with Gasteiger partial charge >= 0.3 is 6.18 Å². The first-order chi connectivity index (χ1) is 20.5. The molecule has 1 aromatic carbocycles. The zero-order valence-corrected chi connectivity index (χ0v) is 23.6. The van der Waals surface area contributed by atoms with Crippen molar-refractivity contribution in [3.63, 3.8) is 0 Å². The summed E-state index contributed by atoms with van der Waals surface area (Å²) in [5.41, 5.74) is 8.00. The maximum atomic E-state index is 13.1. The van der Waals surface area contributed by atoms with Crippen LogP contribution in [0.25, 0.3) is 16.8 Å². The van der Waals surface area contributed by atoms with E-state index < -0.39 is 17.6 Å². The molecule has 43 heavy (non-hydrogen) atoms. The standard InChI is InChI=1S/C29H29F3N6O2.CH2O2/c1-3-40-21-10-17(27(39)36-22-11-19(6-7-34-22)29(30,31)32)4-5-20(21)23-24-25(33)35-8-9-38(24)26(37-23)18-14-28(15-18)12-16(2)13-28;2-1-3/h4-11,16,18H,3,12-15H2,1-2H3,(H2,33,35)(H,34,36,39);1H,(H,2,3). The van der Waals surface area contributed by atoms with Crippen molar-refractivity contribution in [2.45, 2.75) is 51.6 Å². The van der Waals surface area contributed by atoms with E-state index in [9.17, 15) is 18.0 Å². The highest BCUT2D eigenvalue weighted by Gasteiger charge is 2.52. The van der Waals surface area contributed by atoms with Crippen molar-refractivity contribution in [2.24, 2.45) is 11.3 Å². The van der Waals surface area contributed by atoms with E-state index in [0.29, 0.717) is 46.3 Å². The Hall–Kier alpha value is -4.68. The number of amides is 1. The minimum absolute atomic E-state index is 0.196. The second kappa shape index (κ2) is 11.5. The molecule has 2 saturated carbocycles. The second-order valence-electron chi connectivity index (χ2n) is 11.1. The van der Waals surface area contributed by atoms with Crippen LogP contribution in [-0.4, -0.2) is 43.4 Å². The van der Waals surface area contributed by atoms with Crippen LogP contribution in [0.15, 0.2) is 48.9 Å². The minimum Gasteiger partial charge on any atom is -0.493 e. The molecular formula is C30H31F3N6O4. The molecule has 2 fully saturated rings. The van der Waals surface area contributed by atoms with Crippen LogP contribution in [0.2, 0.25) is 0 Å². The number of imidazole rings is 1. The van der Waals surface area contributed by atoms with Crippen molar-refractivity contribution in [3.05, 3.63) is 65.9 Å². The van der Waals surface area contributed by atoms with Gasteiger partial charge in [0.05, 0.1) is 12.2 Å². The van der Waals surface area contributed by atoms with Crippen LogP contribution < -0.4 is 15.8 Å². The van der Waals surface area contributed by atoms with Crippen LogP contribution in [-0.2, 0) is 11.0 Å². The van der Waals surface area contributed by atoms with E-state index in [1.165, 1.54) is 12.8 Å². The molecule has 226 valence electrons. The average Bonchev–Trinajstić information content (AvgIpc) is 3.30. The molecule has 13 heteroatoms. The number of alkyl halides is 3. The van der Waals surface area contributed by atoms with Crippen molar-refractivity contribution in [1.29, 1.82) is 0 Å². The van der Waals surface area contributed by atoms with Crippen LogP contribution >= 0.6 is 0 Å². The third kappa shape index (κ3) is 5.84. The number of rotatable bonds is 6. The quantitative estimate of drug-likeness (QED) is 0.229. The molecule has 0 saturated heterocycles. The molecule has 2 aliphatic carbocycles. The molecule has 4 aromatic rings. The van der Waals surface area contributed by atoms with Gasteiger partial charge in [0.25, 0.3) is 12.4 Å². The van der Waals surface area contributed by atoms with Crippen LogP contribution in [0.5, 0.6) is 5.75 Å². The zero-order chi connectivity index (χ0) is 30.9. The average molecular weight is 597 g/mol. The number of fused-ring (bicyclic) bond motifs is 1. The molecule has 10 nitrogen and oxygen atoms in total. The number of carbonyl (C=O) groups excluding carboxylic acids is 1. The fourth-order valence-corrected chi connectivity index (χ4v) is 6.48. The molecule has 3 heterocycles. The summed E-state index contributed by atoms with van der Waals surface area (Å²) in [5.74, 6) is 1.94. The number of hydrogen-bond donors (Lipinski definition) is 3. The Labute approximate surface area is 245 Å². The van der Waals surface area contributed by atoms with E-state index in [4.69, 9.17) is 25.4 Å². The Kier molecular flexibility index (Phi) is 8.00. The van der Waals surface area contributed by atoms with Gasteiger partial charge in [-0.15, -0.1) is 0 Å². The molecule has 3 aromatic heterocycles. The van der Waals surface area contributed by atoms with Crippen molar-refractivity contribution in [2.75, 3.05) is 17.7 Å². The molecule has 0 unspecified atom stereocenters. The van der Waals surface area contributed by atoms with Crippen LogP contribution in [0, 0.1) is 11.3 Å². The van der Waals surface area contributed by atoms with E-state index in [2.05, 4.69) is 22.2 Å². The fourth-order valence-electron chi connectivity index (χ4n) is 6.48. The molecule has 1 amide bonds. The van der Waals surface area contributed by atoms with Crippen molar-refractivity contribution < 1.29 is 32.6 Å². The summed E-state index contributed by atoms with van der Waals surface area (Å²) in [7, 11) is 0. The highest BCUT2D eigenvalue weighted by Crippen LogP contribution is 2.63. The van der Waals surface area contributed by atoms with Gasteiger partial charge in [-0.3, -0.25) is 14.0 Å². The summed E-state index contributed by atoms with van der Waals surface area (Å²) in [4.78, 5) is 34.5. The lowest BCUT2D eigenvalue weighted by molar-refractivity contribution is -0.137. The van der Waals surface area contributed by atoms with Crippen molar-refractivity contribution in [3.8, 4) is 17.0 Å². The normalized spacial score (nSPS) is 20.9. The zero-order valence-electron chi connectivity index (χ0n) is 23.6. The van der Waals surface area contributed by atoms with Crippen molar-refractivity contribution >= 4 is 29.5 Å². The van der Waals surface area contributed by atoms with E-state index in [1.807, 2.05) is 17.5 Å². The number of ether oxygens (including phenoxy) is 1. The number of halogens is 3. The molecule has 0 radical (unpaired) electrons. The molecule has 6 rings (SSSR count). The number of pyridine rings is 1. The number of nitrogens with two attached hydrogens (primary N) is 1. The van der Waals surface area contributed by atoms with E-state index in [0.717, 1.165) is 42.9 Å². The van der Waals surface area contributed by atoms with E-state index in [1.54, 1.807) is 24.4 Å². The predicted octanol–water partition coefficient (Wildman–Crippen LogP) is 6.04. The summed E-state index contributed by atoms with van der Waals surface area (Å²) < 4.78 is 47.2. The lowest BCUT2D eigenvalue weighted by Gasteiger charge is -2.57. The molecule has 1 spiro atoms. The van der Waals surface area contributed by atoms with Crippen LogP contribution in [0.3, 0.4) is 0 Å². The second-order valence-corrected chi connectivity index (χ2v) is 11.1. The number of anilines is 2. The van der Waals surface area contributed by atoms with Gasteiger partial charge < -0.3 is 20.9 Å². The third-order valence-corrected chi connectivity index (χ3v) is 8.02. The smallest absolute Gasteiger partial charge is 0.416 e. The Morgan fingerprint density at radius 1 is 1.19 bits per heavy atom. The maximum absolute atomic E-state index is 13.1. The summed E-state index contributed by atoms with van der Waals surface area (Å²) in [6, 6.07) is 6.48. The number of carboxylic acid groups (broad SMARTS) is 1. The Morgan fingerprint density at radius 3 is 2.56 bits per heavy atom. The Morgan fingerprint density at radius 2 is 1.91 bits per heavy atom. The van der Waals surface area contributed by atoms with E-state index in [-0.39, 0.29) is 17.9 Å². The maximum Gasteiger partial charge on any atom is 0.416 e. The summed E-state index contributed by atoms with van der Waals surface area (Å²) >= 11 is 0. The van der Waals surface area contributed by atoms with Gasteiger partial charge in [0.15, 0.2) is 0 Å². The summed E-state index contributed by atoms with van der Waals surface area (Å²) in [6.07, 6.45) is 4.70. The SMILES string of the molecule is CCOc1cc(C(=O)Nc2cc(C(F)(F)F)ccn2)ccc1-c1nc(C2CC3(CC(C)C3)C2)n2ccnc(N)c12.O=CO. The molecule has 0 aliphatic heterocycles. The topological polar surface area (TPSA) is 145 Å². The van der Waals surface area contributed by atoms with Gasteiger partial charge in [0, 0.05) is 35.6 Å². The number of nitrogens with zero attached hydrogens (tertiary/aromatic N) is 4. The number of carbonyl (C=O) groups is 2. The third-order valence-electron chi connectivity index (χ3n) is 8.02. The first-order valence-electron chi connectivity index (χ1n) is 13.8. The number of aromatic nitrogens is 4. The van der Waals surface area contributed by atoms with Gasteiger partial charge in [-0.2, -0.15) is 13.2 Å². The first kappa shape index (κ1) is 29.8. The lowest BCUT2D eigenvalue weighted by atomic mass is 9.48. The van der Waals surface area contributed by atoms with Gasteiger partial charge in [-0.1, -0.05) is 6.92 Å². The molecule has 0 bridgehead atoms. The molecule has 0 atom stereocenters. The monoisotopic (exact) mass is 596 g/mol. The predicted molar refractivity (Wildman–Crippen MR) is 153 cm³/mol. The first-order valence-corrected chi connectivity index (χ1v) is 13.8. The van der Waals surface area contributed by atoms with Gasteiger partial charge in [-0.25, -0.2) is 15.0 Å². The van der Waals surface area contributed by atoms with E-state index >= 15 is 0 Å². The van der Waals surface area contributed by atoms with Crippen molar-refractivity contribution in [1.82, 2.24) is 19.4 Å². The molecule has 2 aliphatic rings. The summed E-state index contributed by atoms with van der Waals surface area (Å²) in [6.45, 7) is 4.19. The minimum atomic E-state index is -4.55. The largest absolute Gasteiger partial charge is 0.493 e. The van der Waals surface area contributed by atoms with Gasteiger partial charge in [-0.05, 0) is 74.3 Å². The highest BCUT2D eigenvalue weighted by molar-refractivity contribution is 6.04. The van der Waals surface area contributed by atoms with Gasteiger partial charge in [0.2, 0.25) is 0 Å². The van der Waals surface area contributed by atoms with Crippen LogP contribution in [0.1, 0.15) is 67.2 Å². The highest BCUT2D eigenvalue weighted by atomic mass is 19.4. The molecular weight excluding hydrogens is 565 g/mol. The Balaban J connectivity index is 0.00000118. The number of benzene rings is 1. The number of nitrogen functional groups attached to an aromatic ring is 1. The molecule has 4 N–H and O–H groups in total. The lowest BCUT2D eigenvalue weighted by Crippen LogP contribution is -2.46. The number of hydrogen-bond acceptors (Lipinski definition) is 7. The summed E-state index contributed by atoms with van der Waals surface area (Å²) in [5, 5.41) is 9.33. The van der Waals surface area contributed by atoms with Gasteiger partial charge in [0.1, 0.15) is 34.4 Å². The fraction of sp³-hybridized carbons (Fsp3) is 0.367. The Bertz CT molecular complexity index is 1660.